The Morgan fingerprint density at radius 2 is 1.77 bits per heavy atom. The number of rotatable bonds is 9. The van der Waals surface area contributed by atoms with Crippen molar-refractivity contribution in [1.29, 1.82) is 0 Å². The number of fused-ring (bicyclic) bond motifs is 1. The minimum Gasteiger partial charge on any atom is -0.494 e. The molecule has 0 spiro atoms. The number of carbonyl (C=O) groups is 1. The van der Waals surface area contributed by atoms with Crippen molar-refractivity contribution in [2.45, 2.75) is 32.5 Å². The largest absolute Gasteiger partial charge is 0.494 e. The lowest BCUT2D eigenvalue weighted by Crippen LogP contribution is -2.24. The van der Waals surface area contributed by atoms with Crippen LogP contribution in [-0.4, -0.2) is 33.7 Å². The molecule has 160 valence electrons. The zero-order valence-corrected chi connectivity index (χ0v) is 16.3. The van der Waals surface area contributed by atoms with Crippen molar-refractivity contribution in [3.63, 3.8) is 0 Å². The molecular weight excluding hydrogens is 401 g/mol. The van der Waals surface area contributed by atoms with Crippen molar-refractivity contribution in [3.8, 4) is 11.5 Å². The average molecular weight is 422 g/mol. The summed E-state index contributed by atoms with van der Waals surface area (Å²) in [6.07, 6.45) is -2.86. The molecule has 3 rings (SSSR count). The van der Waals surface area contributed by atoms with Gasteiger partial charge in [0, 0.05) is 12.6 Å². The van der Waals surface area contributed by atoms with Gasteiger partial charge in [0.1, 0.15) is 11.5 Å². The molecule has 10 heteroatoms. The second-order valence-corrected chi connectivity index (χ2v) is 6.39. The van der Waals surface area contributed by atoms with E-state index in [9.17, 15) is 18.0 Å². The third-order valence-corrected chi connectivity index (χ3v) is 4.20. The fraction of sp³-hybridized carbons (Fsp3) is 0.350. The molecule has 2 heterocycles. The van der Waals surface area contributed by atoms with Gasteiger partial charge in [-0.25, -0.2) is 0 Å². The summed E-state index contributed by atoms with van der Waals surface area (Å²) in [6.45, 7) is 2.81. The number of carbonyl (C=O) groups excluding carboxylic acids is 1. The van der Waals surface area contributed by atoms with Gasteiger partial charge in [0.25, 0.3) is 0 Å². The molecule has 1 amide bonds. The van der Waals surface area contributed by atoms with E-state index in [0.717, 1.165) is 18.0 Å². The van der Waals surface area contributed by atoms with Gasteiger partial charge in [-0.05, 0) is 49.7 Å². The molecule has 1 aromatic carbocycles. The fourth-order valence-corrected chi connectivity index (χ4v) is 2.71. The number of hydrogen-bond acceptors (Lipinski definition) is 5. The molecule has 7 nitrogen and oxygen atoms in total. The number of benzene rings is 1. The highest BCUT2D eigenvalue weighted by Gasteiger charge is 2.31. The molecule has 0 aliphatic rings. The number of nitrogens with zero attached hydrogens (tertiary/aromatic N) is 3. The number of amides is 1. The molecule has 2 aromatic heterocycles. The zero-order valence-electron chi connectivity index (χ0n) is 16.3. The van der Waals surface area contributed by atoms with Crippen LogP contribution in [0.25, 0.3) is 5.65 Å². The van der Waals surface area contributed by atoms with Crippen LogP contribution in [-0.2, 0) is 17.5 Å². The third-order valence-electron chi connectivity index (χ3n) is 4.20. The van der Waals surface area contributed by atoms with E-state index in [1.54, 1.807) is 24.3 Å². The summed E-state index contributed by atoms with van der Waals surface area (Å²) in [5.74, 6) is 1.39. The summed E-state index contributed by atoms with van der Waals surface area (Å²) >= 11 is 0. The summed E-state index contributed by atoms with van der Waals surface area (Å²) in [7, 11) is 0. The summed E-state index contributed by atoms with van der Waals surface area (Å²) in [5, 5.41) is 10.3. The molecule has 0 unspecified atom stereocenters. The van der Waals surface area contributed by atoms with Crippen molar-refractivity contribution < 1.29 is 27.4 Å². The maximum Gasteiger partial charge on any atom is 0.417 e. The first-order chi connectivity index (χ1) is 14.4. The van der Waals surface area contributed by atoms with E-state index < -0.39 is 11.7 Å². The first-order valence-electron chi connectivity index (χ1n) is 9.40. The number of ether oxygens (including phenoxy) is 2. The van der Waals surface area contributed by atoms with E-state index in [0.29, 0.717) is 25.4 Å². The van der Waals surface area contributed by atoms with Gasteiger partial charge in [0.15, 0.2) is 11.5 Å². The lowest BCUT2D eigenvalue weighted by molar-refractivity contribution is -0.137. The Morgan fingerprint density at radius 3 is 2.43 bits per heavy atom. The molecule has 0 fully saturated rings. The Hall–Kier alpha value is -3.30. The summed E-state index contributed by atoms with van der Waals surface area (Å²) in [4.78, 5) is 12.0. The predicted molar refractivity (Wildman–Crippen MR) is 102 cm³/mol. The van der Waals surface area contributed by atoms with Crippen LogP contribution in [0.3, 0.4) is 0 Å². The standard InChI is InChI=1S/C20H21F3N4O3/c1-2-29-15-6-8-16(9-7-15)30-11-3-4-19(28)24-12-18-26-25-17-10-5-14(13-27(17)18)20(21,22)23/h5-10,13H,2-4,11-12H2,1H3,(H,24,28). The quantitative estimate of drug-likeness (QED) is 0.533. The first kappa shape index (κ1) is 21.4. The van der Waals surface area contributed by atoms with E-state index in [4.69, 9.17) is 9.47 Å². The molecule has 0 saturated heterocycles. The van der Waals surface area contributed by atoms with Crippen molar-refractivity contribution in [3.05, 3.63) is 54.0 Å². The normalized spacial score (nSPS) is 11.5. The van der Waals surface area contributed by atoms with Crippen LogP contribution in [0.4, 0.5) is 13.2 Å². The Labute approximate surface area is 170 Å². The topological polar surface area (TPSA) is 77.8 Å². The van der Waals surface area contributed by atoms with E-state index in [2.05, 4.69) is 15.5 Å². The van der Waals surface area contributed by atoms with Crippen LogP contribution < -0.4 is 14.8 Å². The van der Waals surface area contributed by atoms with Crippen LogP contribution >= 0.6 is 0 Å². The number of hydrogen-bond donors (Lipinski definition) is 1. The van der Waals surface area contributed by atoms with Gasteiger partial charge in [0.2, 0.25) is 5.91 Å². The Kier molecular flexibility index (Phi) is 6.76. The molecule has 0 bridgehead atoms. The Bertz CT molecular complexity index is 987. The second-order valence-electron chi connectivity index (χ2n) is 6.39. The fourth-order valence-electron chi connectivity index (χ4n) is 2.71. The lowest BCUT2D eigenvalue weighted by Gasteiger charge is -2.09. The number of halogens is 3. The summed E-state index contributed by atoms with van der Waals surface area (Å²) < 4.78 is 50.8. The predicted octanol–water partition coefficient (Wildman–Crippen LogP) is 3.62. The molecular formula is C20H21F3N4O3. The third kappa shape index (κ3) is 5.62. The highest BCUT2D eigenvalue weighted by Crippen LogP contribution is 2.29. The molecule has 30 heavy (non-hydrogen) atoms. The number of nitrogens with one attached hydrogen (secondary N) is 1. The van der Waals surface area contributed by atoms with Gasteiger partial charge in [0.05, 0.1) is 25.3 Å². The lowest BCUT2D eigenvalue weighted by atomic mass is 10.3. The minimum atomic E-state index is -4.47. The Morgan fingerprint density at radius 1 is 1.07 bits per heavy atom. The minimum absolute atomic E-state index is 0.0267. The molecule has 0 saturated carbocycles. The molecule has 0 aliphatic heterocycles. The SMILES string of the molecule is CCOc1ccc(OCCCC(=O)NCc2nnc3ccc(C(F)(F)F)cn23)cc1. The second kappa shape index (κ2) is 9.47. The Balaban J connectivity index is 1.44. The van der Waals surface area contributed by atoms with Crippen molar-refractivity contribution in [1.82, 2.24) is 19.9 Å². The van der Waals surface area contributed by atoms with Crippen LogP contribution in [0.5, 0.6) is 11.5 Å². The highest BCUT2D eigenvalue weighted by atomic mass is 19.4. The molecule has 3 aromatic rings. The molecule has 0 aliphatic carbocycles. The number of pyridine rings is 1. The summed E-state index contributed by atoms with van der Waals surface area (Å²) in [6, 6.07) is 9.36. The number of alkyl halides is 3. The van der Waals surface area contributed by atoms with Crippen LogP contribution in [0.15, 0.2) is 42.6 Å². The van der Waals surface area contributed by atoms with E-state index in [-0.39, 0.29) is 30.3 Å². The average Bonchev–Trinajstić information content (AvgIpc) is 3.13. The van der Waals surface area contributed by atoms with Crippen molar-refractivity contribution in [2.24, 2.45) is 0 Å². The van der Waals surface area contributed by atoms with Gasteiger partial charge in [-0.2, -0.15) is 13.2 Å². The van der Waals surface area contributed by atoms with Crippen LogP contribution in [0, 0.1) is 0 Å². The zero-order chi connectivity index (χ0) is 21.6. The number of aromatic nitrogens is 3. The van der Waals surface area contributed by atoms with Gasteiger partial charge >= 0.3 is 6.18 Å². The van der Waals surface area contributed by atoms with Crippen LogP contribution in [0.2, 0.25) is 0 Å². The monoisotopic (exact) mass is 422 g/mol. The summed E-state index contributed by atoms with van der Waals surface area (Å²) in [5.41, 5.74) is -0.537. The molecule has 1 N–H and O–H groups in total. The molecule has 0 radical (unpaired) electrons. The van der Waals surface area contributed by atoms with Gasteiger partial charge in [-0.3, -0.25) is 9.20 Å². The van der Waals surface area contributed by atoms with Gasteiger partial charge in [-0.1, -0.05) is 0 Å². The molecule has 0 atom stereocenters. The van der Waals surface area contributed by atoms with Gasteiger partial charge < -0.3 is 14.8 Å². The van der Waals surface area contributed by atoms with E-state index in [1.807, 2.05) is 6.92 Å². The van der Waals surface area contributed by atoms with Gasteiger partial charge in [-0.15, -0.1) is 10.2 Å². The van der Waals surface area contributed by atoms with Crippen molar-refractivity contribution in [2.75, 3.05) is 13.2 Å². The van der Waals surface area contributed by atoms with E-state index in [1.165, 1.54) is 10.5 Å². The highest BCUT2D eigenvalue weighted by molar-refractivity contribution is 5.75. The van der Waals surface area contributed by atoms with Crippen molar-refractivity contribution >= 4 is 11.6 Å². The van der Waals surface area contributed by atoms with Crippen LogP contribution in [0.1, 0.15) is 31.2 Å². The maximum atomic E-state index is 12.9. The first-order valence-corrected chi connectivity index (χ1v) is 9.40. The smallest absolute Gasteiger partial charge is 0.417 e. The maximum absolute atomic E-state index is 12.9. The van der Waals surface area contributed by atoms with E-state index >= 15 is 0 Å².